The predicted molar refractivity (Wildman–Crippen MR) is 81.4 cm³/mol. The van der Waals surface area contributed by atoms with Gasteiger partial charge < -0.3 is 20.1 Å². The highest BCUT2D eigenvalue weighted by Gasteiger charge is 2.03. The van der Waals surface area contributed by atoms with Crippen molar-refractivity contribution in [1.29, 1.82) is 0 Å². The Hall–Kier alpha value is -1.12. The fourth-order valence-electron chi connectivity index (χ4n) is 1.29. The summed E-state index contributed by atoms with van der Waals surface area (Å²) in [6, 6.07) is 0. The number of rotatable bonds is 13. The Labute approximate surface area is 130 Å². The molecule has 0 heterocycles. The predicted octanol–water partition coefficient (Wildman–Crippen LogP) is -0.449. The molecular weight excluding hydrogens is 296 g/mol. The third kappa shape index (κ3) is 15.1. The first-order valence-corrected chi connectivity index (χ1v) is 7.48. The lowest BCUT2D eigenvalue weighted by molar-refractivity contribution is -0.123. The van der Waals surface area contributed by atoms with Gasteiger partial charge in [-0.1, -0.05) is 0 Å². The molecule has 0 saturated heterocycles. The van der Waals surface area contributed by atoms with E-state index in [1.165, 1.54) is 6.92 Å². The van der Waals surface area contributed by atoms with Gasteiger partial charge in [-0.25, -0.2) is 0 Å². The molecule has 0 bridgehead atoms. The number of nitrogens with one attached hydrogen (secondary N) is 2. The molecule has 0 aliphatic rings. The van der Waals surface area contributed by atoms with Crippen LogP contribution < -0.4 is 10.6 Å². The third-order valence-electron chi connectivity index (χ3n) is 2.26. The van der Waals surface area contributed by atoms with E-state index >= 15 is 0 Å². The molecule has 0 aliphatic carbocycles. The monoisotopic (exact) mass is 320 g/mol. The summed E-state index contributed by atoms with van der Waals surface area (Å²) in [7, 11) is 0. The molecule has 0 aromatic rings. The Morgan fingerprint density at radius 1 is 0.905 bits per heavy atom. The molecular formula is C13H24N2O5S. The topological polar surface area (TPSA) is 93.7 Å². The minimum absolute atomic E-state index is 0.0243. The Kier molecular flexibility index (Phi) is 13.1. The summed E-state index contributed by atoms with van der Waals surface area (Å²) in [6.07, 6.45) is 0.588. The van der Waals surface area contributed by atoms with Crippen LogP contribution in [0.2, 0.25) is 0 Å². The van der Waals surface area contributed by atoms with E-state index in [2.05, 4.69) is 23.3 Å². The van der Waals surface area contributed by atoms with Gasteiger partial charge in [0.15, 0.2) is 5.78 Å². The van der Waals surface area contributed by atoms with Crippen LogP contribution in [0.15, 0.2) is 0 Å². The maximum Gasteiger partial charge on any atom is 0.221 e. The Bertz CT molecular complexity index is 326. The summed E-state index contributed by atoms with van der Waals surface area (Å²) in [5.41, 5.74) is 0. The number of amides is 2. The zero-order chi connectivity index (χ0) is 15.9. The van der Waals surface area contributed by atoms with Crippen molar-refractivity contribution >= 4 is 30.2 Å². The number of hydrogen-bond acceptors (Lipinski definition) is 6. The second-order valence-electron chi connectivity index (χ2n) is 4.29. The summed E-state index contributed by atoms with van der Waals surface area (Å²) in [6.45, 7) is 3.37. The van der Waals surface area contributed by atoms with Crippen LogP contribution in [0.1, 0.15) is 19.8 Å². The highest BCUT2D eigenvalue weighted by molar-refractivity contribution is 7.80. The zero-order valence-corrected chi connectivity index (χ0v) is 13.2. The van der Waals surface area contributed by atoms with Gasteiger partial charge in [0.25, 0.3) is 0 Å². The highest BCUT2D eigenvalue weighted by atomic mass is 32.1. The zero-order valence-electron chi connectivity index (χ0n) is 12.4. The maximum absolute atomic E-state index is 11.4. The minimum atomic E-state index is -0.141. The quantitative estimate of drug-likeness (QED) is 0.316. The standard InChI is InChI=1S/C13H24N2O5S/c1-11(16)10-20-8-7-19-6-5-15-12(17)2-4-14-13(18)3-9-21/h21H,2-10H2,1H3,(H,14,18)(H,15,17). The van der Waals surface area contributed by atoms with Gasteiger partial charge in [0.05, 0.1) is 19.8 Å². The Morgan fingerprint density at radius 2 is 1.52 bits per heavy atom. The van der Waals surface area contributed by atoms with Gasteiger partial charge in [0, 0.05) is 25.9 Å². The van der Waals surface area contributed by atoms with Gasteiger partial charge in [-0.3, -0.25) is 14.4 Å². The number of ketones is 1. The van der Waals surface area contributed by atoms with Crippen molar-refractivity contribution in [2.24, 2.45) is 0 Å². The van der Waals surface area contributed by atoms with Crippen molar-refractivity contribution in [3.05, 3.63) is 0 Å². The summed E-state index contributed by atoms with van der Waals surface area (Å²) in [4.78, 5) is 33.1. The molecule has 7 nitrogen and oxygen atoms in total. The average Bonchev–Trinajstić information content (AvgIpc) is 2.41. The van der Waals surface area contributed by atoms with Gasteiger partial charge in [-0.15, -0.1) is 0 Å². The molecule has 0 saturated carbocycles. The number of hydrogen-bond donors (Lipinski definition) is 3. The lowest BCUT2D eigenvalue weighted by atomic mass is 10.3. The average molecular weight is 320 g/mol. The van der Waals surface area contributed by atoms with Crippen LogP contribution in [0, 0.1) is 0 Å². The fraction of sp³-hybridized carbons (Fsp3) is 0.769. The summed E-state index contributed by atoms with van der Waals surface area (Å²) in [5, 5.41) is 5.30. The van der Waals surface area contributed by atoms with Gasteiger partial charge in [0.2, 0.25) is 11.8 Å². The molecule has 0 unspecified atom stereocenters. The molecule has 0 atom stereocenters. The smallest absolute Gasteiger partial charge is 0.221 e. The van der Waals surface area contributed by atoms with Crippen molar-refractivity contribution in [2.75, 3.05) is 45.3 Å². The molecule has 2 amide bonds. The van der Waals surface area contributed by atoms with Crippen LogP contribution in [0.5, 0.6) is 0 Å². The van der Waals surface area contributed by atoms with Gasteiger partial charge in [-0.2, -0.15) is 12.6 Å². The molecule has 0 rings (SSSR count). The van der Waals surface area contributed by atoms with E-state index in [0.29, 0.717) is 45.1 Å². The van der Waals surface area contributed by atoms with Crippen molar-refractivity contribution in [1.82, 2.24) is 10.6 Å². The van der Waals surface area contributed by atoms with Crippen LogP contribution in [0.25, 0.3) is 0 Å². The number of carbonyl (C=O) groups is 3. The van der Waals surface area contributed by atoms with Gasteiger partial charge in [0.1, 0.15) is 6.61 Å². The summed E-state index contributed by atoms with van der Waals surface area (Å²) in [5.74, 6) is 0.221. The van der Waals surface area contributed by atoms with Crippen LogP contribution >= 0.6 is 12.6 Å². The van der Waals surface area contributed by atoms with Gasteiger partial charge >= 0.3 is 0 Å². The molecule has 8 heteroatoms. The minimum Gasteiger partial charge on any atom is -0.377 e. The first-order valence-electron chi connectivity index (χ1n) is 6.85. The highest BCUT2D eigenvalue weighted by Crippen LogP contribution is 1.85. The molecule has 0 spiro atoms. The first kappa shape index (κ1) is 19.9. The van der Waals surface area contributed by atoms with Crippen molar-refractivity contribution in [3.8, 4) is 0 Å². The van der Waals surface area contributed by atoms with Gasteiger partial charge in [-0.05, 0) is 12.7 Å². The molecule has 21 heavy (non-hydrogen) atoms. The molecule has 0 aromatic carbocycles. The SMILES string of the molecule is CC(=O)COCCOCCNC(=O)CCNC(=O)CCS. The van der Waals surface area contributed by atoms with Crippen molar-refractivity contribution in [3.63, 3.8) is 0 Å². The normalized spacial score (nSPS) is 10.2. The van der Waals surface area contributed by atoms with Crippen LogP contribution in [-0.2, 0) is 23.9 Å². The van der Waals surface area contributed by atoms with E-state index in [1.54, 1.807) is 0 Å². The lowest BCUT2D eigenvalue weighted by Gasteiger charge is -2.07. The van der Waals surface area contributed by atoms with E-state index in [-0.39, 0.29) is 30.6 Å². The van der Waals surface area contributed by atoms with Crippen molar-refractivity contribution < 1.29 is 23.9 Å². The largest absolute Gasteiger partial charge is 0.377 e. The second-order valence-corrected chi connectivity index (χ2v) is 4.74. The molecule has 2 N–H and O–H groups in total. The fourth-order valence-corrected chi connectivity index (χ4v) is 1.50. The first-order chi connectivity index (χ1) is 10.1. The summed E-state index contributed by atoms with van der Waals surface area (Å²) >= 11 is 3.94. The second kappa shape index (κ2) is 13.8. The summed E-state index contributed by atoms with van der Waals surface area (Å²) < 4.78 is 10.2. The molecule has 122 valence electrons. The maximum atomic E-state index is 11.4. The van der Waals surface area contributed by atoms with E-state index in [1.807, 2.05) is 0 Å². The van der Waals surface area contributed by atoms with Crippen molar-refractivity contribution in [2.45, 2.75) is 19.8 Å². The molecule has 0 aliphatic heterocycles. The van der Waals surface area contributed by atoms with E-state index in [4.69, 9.17) is 9.47 Å². The molecule has 0 radical (unpaired) electrons. The number of thiol groups is 1. The van der Waals surface area contributed by atoms with E-state index < -0.39 is 0 Å². The Balaban J connectivity index is 3.30. The van der Waals surface area contributed by atoms with E-state index in [0.717, 1.165) is 0 Å². The number of ether oxygens (including phenoxy) is 2. The lowest BCUT2D eigenvalue weighted by Crippen LogP contribution is -2.32. The van der Waals surface area contributed by atoms with E-state index in [9.17, 15) is 14.4 Å². The van der Waals surface area contributed by atoms with Crippen LogP contribution in [-0.4, -0.2) is 62.9 Å². The third-order valence-corrected chi connectivity index (χ3v) is 2.48. The van der Waals surface area contributed by atoms with Crippen LogP contribution in [0.4, 0.5) is 0 Å². The number of carbonyl (C=O) groups excluding carboxylic acids is 3. The number of Topliss-reactive ketones (excluding diaryl/α,β-unsaturated/α-hetero) is 1. The van der Waals surface area contributed by atoms with Crippen LogP contribution in [0.3, 0.4) is 0 Å². The molecule has 0 fully saturated rings. The Morgan fingerprint density at radius 3 is 2.19 bits per heavy atom. The molecule has 0 aromatic heterocycles.